The van der Waals surface area contributed by atoms with E-state index in [9.17, 15) is 13.2 Å². The third-order valence-corrected chi connectivity index (χ3v) is 5.79. The fraction of sp³-hybridized carbons (Fsp3) is 0.440. The fourth-order valence-corrected chi connectivity index (χ4v) is 3.90. The molecule has 0 spiro atoms. The van der Waals surface area contributed by atoms with Gasteiger partial charge in [-0.2, -0.15) is 8.78 Å². The Bertz CT molecular complexity index is 911. The zero-order chi connectivity index (χ0) is 21.8. The van der Waals surface area contributed by atoms with E-state index in [0.29, 0.717) is 23.5 Å². The summed E-state index contributed by atoms with van der Waals surface area (Å²) >= 11 is 0. The Labute approximate surface area is 176 Å². The highest BCUT2D eigenvalue weighted by atomic mass is 19.2. The highest BCUT2D eigenvalue weighted by Crippen LogP contribution is 2.41. The van der Waals surface area contributed by atoms with Crippen LogP contribution in [-0.2, 0) is 6.42 Å². The summed E-state index contributed by atoms with van der Waals surface area (Å²) in [5.74, 6) is -2.95. The lowest BCUT2D eigenvalue weighted by atomic mass is 9.87. The van der Waals surface area contributed by atoms with Crippen molar-refractivity contribution in [2.24, 2.45) is 5.92 Å². The molecule has 5 heteroatoms. The molecule has 3 rings (SSSR count). The maximum Gasteiger partial charge on any atom is 0.205 e. The molecule has 0 radical (unpaired) electrons. The fourth-order valence-electron chi connectivity index (χ4n) is 3.90. The van der Waals surface area contributed by atoms with Crippen LogP contribution in [0.25, 0.3) is 0 Å². The van der Waals surface area contributed by atoms with E-state index in [1.165, 1.54) is 18.9 Å². The van der Waals surface area contributed by atoms with Crippen LogP contribution in [0.1, 0.15) is 57.9 Å². The second-order valence-electron chi connectivity index (χ2n) is 8.05. The number of allylic oxidation sites excluding steroid dienone is 4. The van der Waals surface area contributed by atoms with Crippen LogP contribution in [0.15, 0.2) is 53.6 Å². The minimum atomic E-state index is -1.18. The molecule has 1 aromatic rings. The second kappa shape index (κ2) is 9.59. The molecule has 1 aromatic carbocycles. The number of hydrogen-bond acceptors (Lipinski definition) is 2. The Morgan fingerprint density at radius 1 is 1.27 bits per heavy atom. The van der Waals surface area contributed by atoms with Gasteiger partial charge in [0, 0.05) is 12.0 Å². The molecular formula is C25H29F3O2. The molecule has 2 nitrogen and oxygen atoms in total. The molecule has 1 aliphatic carbocycles. The first-order valence-electron chi connectivity index (χ1n) is 10.6. The third kappa shape index (κ3) is 4.66. The number of halogens is 3. The first-order valence-corrected chi connectivity index (χ1v) is 10.6. The smallest absolute Gasteiger partial charge is 0.205 e. The lowest BCUT2D eigenvalue weighted by Gasteiger charge is -2.25. The van der Waals surface area contributed by atoms with Gasteiger partial charge in [-0.05, 0) is 54.4 Å². The summed E-state index contributed by atoms with van der Waals surface area (Å²) < 4.78 is 54.8. The van der Waals surface area contributed by atoms with Gasteiger partial charge in [-0.1, -0.05) is 45.9 Å². The number of hydrogen-bond donors (Lipinski definition) is 0. The van der Waals surface area contributed by atoms with E-state index < -0.39 is 17.5 Å². The van der Waals surface area contributed by atoms with Crippen molar-refractivity contribution in [2.75, 3.05) is 6.61 Å². The summed E-state index contributed by atoms with van der Waals surface area (Å²) in [4.78, 5) is 0. The molecular weight excluding hydrogens is 389 g/mol. The lowest BCUT2D eigenvalue weighted by molar-refractivity contribution is 0.300. The zero-order valence-corrected chi connectivity index (χ0v) is 17.8. The van der Waals surface area contributed by atoms with Gasteiger partial charge < -0.3 is 9.47 Å². The van der Waals surface area contributed by atoms with Crippen molar-refractivity contribution in [1.82, 2.24) is 0 Å². The van der Waals surface area contributed by atoms with E-state index in [4.69, 9.17) is 9.47 Å². The Morgan fingerprint density at radius 2 is 2.03 bits per heavy atom. The number of rotatable bonds is 7. The molecule has 0 saturated carbocycles. The minimum Gasteiger partial charge on any atom is -0.486 e. The first-order chi connectivity index (χ1) is 14.3. The van der Waals surface area contributed by atoms with Crippen LogP contribution in [0.4, 0.5) is 13.2 Å². The van der Waals surface area contributed by atoms with Crippen molar-refractivity contribution in [1.29, 1.82) is 0 Å². The number of ether oxygens (including phenoxy) is 2. The van der Waals surface area contributed by atoms with Gasteiger partial charge in [-0.15, -0.1) is 0 Å². The molecule has 1 atom stereocenters. The first kappa shape index (κ1) is 22.3. The summed E-state index contributed by atoms with van der Waals surface area (Å²) in [7, 11) is 0. The molecule has 1 aliphatic heterocycles. The van der Waals surface area contributed by atoms with Crippen LogP contribution in [0, 0.1) is 17.6 Å². The minimum absolute atomic E-state index is 0.143. The SMILES string of the molecule is C=C(CC)/C(F)=C1/Oc2c(cc(OCC3=CCC(CCC)CC3)c(F)c2F)CC1=C. The predicted octanol–water partition coefficient (Wildman–Crippen LogP) is 7.51. The van der Waals surface area contributed by atoms with Gasteiger partial charge >= 0.3 is 0 Å². The van der Waals surface area contributed by atoms with Gasteiger partial charge in [0.15, 0.2) is 23.1 Å². The summed E-state index contributed by atoms with van der Waals surface area (Å²) in [5.41, 5.74) is 2.06. The van der Waals surface area contributed by atoms with Gasteiger partial charge in [0.2, 0.25) is 11.6 Å². The van der Waals surface area contributed by atoms with Crippen LogP contribution in [-0.4, -0.2) is 6.61 Å². The molecule has 0 amide bonds. The van der Waals surface area contributed by atoms with E-state index in [-0.39, 0.29) is 35.9 Å². The van der Waals surface area contributed by atoms with Crippen molar-refractivity contribution in [3.63, 3.8) is 0 Å². The zero-order valence-electron chi connectivity index (χ0n) is 17.8. The monoisotopic (exact) mass is 418 g/mol. The van der Waals surface area contributed by atoms with Crippen LogP contribution in [0.2, 0.25) is 0 Å². The van der Waals surface area contributed by atoms with E-state index in [0.717, 1.165) is 24.8 Å². The molecule has 0 saturated heterocycles. The maximum atomic E-state index is 14.7. The molecule has 1 unspecified atom stereocenters. The normalized spacial score (nSPS) is 20.2. The summed E-state index contributed by atoms with van der Waals surface area (Å²) in [6.45, 7) is 11.6. The quantitative estimate of drug-likeness (QED) is 0.427. The molecule has 2 aliphatic rings. The summed E-state index contributed by atoms with van der Waals surface area (Å²) in [5, 5.41) is 0. The molecule has 0 aromatic heterocycles. The number of benzene rings is 1. The highest BCUT2D eigenvalue weighted by molar-refractivity contribution is 5.52. The standard InChI is InChI=1S/C25H29F3O2/c1-5-7-17-8-10-18(11-9-17)14-29-20-13-19-12-16(4)24(21(26)15(3)6-2)30-25(19)23(28)22(20)27/h10,13,17H,3-9,11-12,14H2,1-2H3/b24-21-. The van der Waals surface area contributed by atoms with E-state index >= 15 is 0 Å². The van der Waals surface area contributed by atoms with E-state index in [1.54, 1.807) is 6.92 Å². The van der Waals surface area contributed by atoms with Crippen molar-refractivity contribution >= 4 is 0 Å². The molecule has 1 heterocycles. The van der Waals surface area contributed by atoms with Crippen LogP contribution in [0.3, 0.4) is 0 Å². The van der Waals surface area contributed by atoms with Crippen LogP contribution >= 0.6 is 0 Å². The summed E-state index contributed by atoms with van der Waals surface area (Å²) in [6.07, 6.45) is 8.07. The summed E-state index contributed by atoms with van der Waals surface area (Å²) in [6, 6.07) is 1.42. The third-order valence-electron chi connectivity index (χ3n) is 5.79. The Hall–Kier alpha value is -2.43. The van der Waals surface area contributed by atoms with Gasteiger partial charge in [0.25, 0.3) is 0 Å². The van der Waals surface area contributed by atoms with E-state index in [2.05, 4.69) is 26.2 Å². The Morgan fingerprint density at radius 3 is 2.67 bits per heavy atom. The average molecular weight is 418 g/mol. The van der Waals surface area contributed by atoms with Gasteiger partial charge in [-0.3, -0.25) is 0 Å². The average Bonchev–Trinajstić information content (AvgIpc) is 2.75. The molecule has 162 valence electrons. The van der Waals surface area contributed by atoms with Crippen molar-refractivity contribution < 1.29 is 22.6 Å². The predicted molar refractivity (Wildman–Crippen MR) is 113 cm³/mol. The second-order valence-corrected chi connectivity index (χ2v) is 8.05. The van der Waals surface area contributed by atoms with Crippen LogP contribution < -0.4 is 9.47 Å². The van der Waals surface area contributed by atoms with Gasteiger partial charge in [-0.25, -0.2) is 4.39 Å². The maximum absolute atomic E-state index is 14.7. The Kier molecular flexibility index (Phi) is 7.11. The van der Waals surface area contributed by atoms with Crippen molar-refractivity contribution in [3.8, 4) is 11.5 Å². The van der Waals surface area contributed by atoms with Crippen molar-refractivity contribution in [3.05, 3.63) is 70.8 Å². The molecule has 30 heavy (non-hydrogen) atoms. The Balaban J connectivity index is 1.78. The van der Waals surface area contributed by atoms with Gasteiger partial charge in [0.05, 0.1) is 0 Å². The largest absolute Gasteiger partial charge is 0.486 e. The topological polar surface area (TPSA) is 18.5 Å². The molecule has 0 bridgehead atoms. The van der Waals surface area contributed by atoms with E-state index in [1.807, 2.05) is 0 Å². The molecule has 0 N–H and O–H groups in total. The van der Waals surface area contributed by atoms with Gasteiger partial charge in [0.1, 0.15) is 6.61 Å². The van der Waals surface area contributed by atoms with Crippen molar-refractivity contribution in [2.45, 2.75) is 58.8 Å². The highest BCUT2D eigenvalue weighted by Gasteiger charge is 2.29. The number of fused-ring (bicyclic) bond motifs is 1. The van der Waals surface area contributed by atoms with Crippen LogP contribution in [0.5, 0.6) is 11.5 Å². The molecule has 0 fully saturated rings. The lowest BCUT2D eigenvalue weighted by Crippen LogP contribution is -2.15.